The molecule has 2 rings (SSSR count). The predicted octanol–water partition coefficient (Wildman–Crippen LogP) is 4.83. The number of nitrogens with one attached hydrogen (secondary N) is 1. The van der Waals surface area contributed by atoms with Gasteiger partial charge in [0.25, 0.3) is 5.91 Å². The lowest BCUT2D eigenvalue weighted by Crippen LogP contribution is -2.30. The van der Waals surface area contributed by atoms with E-state index in [0.717, 1.165) is 0 Å². The van der Waals surface area contributed by atoms with Gasteiger partial charge in [-0.1, -0.05) is 40.9 Å². The maximum absolute atomic E-state index is 12.1. The summed E-state index contributed by atoms with van der Waals surface area (Å²) in [6, 6.07) is 11.1. The van der Waals surface area contributed by atoms with Gasteiger partial charge in [-0.2, -0.15) is 0 Å². The van der Waals surface area contributed by atoms with Crippen molar-refractivity contribution < 1.29 is 14.3 Å². The van der Waals surface area contributed by atoms with Crippen LogP contribution in [0.5, 0.6) is 0 Å². The molecule has 1 N–H and O–H groups in total. The number of rotatable bonds is 4. The average Bonchev–Trinajstić information content (AvgIpc) is 2.49. The summed E-state index contributed by atoms with van der Waals surface area (Å²) in [4.78, 5) is 24.1. The third-order valence-electron chi connectivity index (χ3n) is 2.89. The number of ether oxygens (including phenoxy) is 1. The molecule has 7 heteroatoms. The third kappa shape index (κ3) is 4.86. The molecule has 1 atom stereocenters. The number of halogens is 3. The standard InChI is InChI=1S/C16H12Cl3NO3/c1-9(15(21)20-12-4-2-3-10(17)7-12)23-16(22)13-8-11(18)5-6-14(13)19/h2-9H,1H3,(H,20,21)/t9-/m0/s1. The molecule has 0 aromatic heterocycles. The van der Waals surface area contributed by atoms with Crippen LogP contribution in [0.15, 0.2) is 42.5 Å². The van der Waals surface area contributed by atoms with Gasteiger partial charge in [0.2, 0.25) is 0 Å². The Kier molecular flexibility index (Phi) is 5.88. The molecule has 4 nitrogen and oxygen atoms in total. The minimum atomic E-state index is -1.02. The van der Waals surface area contributed by atoms with Crippen molar-refractivity contribution in [2.45, 2.75) is 13.0 Å². The van der Waals surface area contributed by atoms with E-state index >= 15 is 0 Å². The van der Waals surface area contributed by atoms with Crippen LogP contribution in [0.25, 0.3) is 0 Å². The molecule has 120 valence electrons. The number of benzene rings is 2. The number of anilines is 1. The average molecular weight is 373 g/mol. The summed E-state index contributed by atoms with van der Waals surface area (Å²) in [5, 5.41) is 3.63. The highest BCUT2D eigenvalue weighted by atomic mass is 35.5. The maximum atomic E-state index is 12.1. The Balaban J connectivity index is 2.03. The molecular formula is C16H12Cl3NO3. The zero-order valence-electron chi connectivity index (χ0n) is 12.0. The fourth-order valence-corrected chi connectivity index (χ4v) is 2.30. The Bertz CT molecular complexity index is 749. The lowest BCUT2D eigenvalue weighted by molar-refractivity contribution is -0.123. The van der Waals surface area contributed by atoms with Gasteiger partial charge in [-0.3, -0.25) is 4.79 Å². The van der Waals surface area contributed by atoms with Crippen molar-refractivity contribution in [1.29, 1.82) is 0 Å². The van der Waals surface area contributed by atoms with E-state index in [1.807, 2.05) is 0 Å². The summed E-state index contributed by atoms with van der Waals surface area (Å²) >= 11 is 17.6. The number of hydrogen-bond acceptors (Lipinski definition) is 3. The predicted molar refractivity (Wildman–Crippen MR) is 91.4 cm³/mol. The highest BCUT2D eigenvalue weighted by Gasteiger charge is 2.21. The molecule has 0 aliphatic carbocycles. The van der Waals surface area contributed by atoms with Crippen molar-refractivity contribution in [3.63, 3.8) is 0 Å². The van der Waals surface area contributed by atoms with Gasteiger partial charge < -0.3 is 10.1 Å². The third-order valence-corrected chi connectivity index (χ3v) is 3.69. The van der Waals surface area contributed by atoms with E-state index in [2.05, 4.69) is 5.32 Å². The summed E-state index contributed by atoms with van der Waals surface area (Å²) in [5.41, 5.74) is 0.604. The normalized spacial score (nSPS) is 11.7. The highest BCUT2D eigenvalue weighted by molar-refractivity contribution is 6.35. The van der Waals surface area contributed by atoms with E-state index in [4.69, 9.17) is 39.5 Å². The summed E-state index contributed by atoms with van der Waals surface area (Å²) in [6.07, 6.45) is -1.02. The second-order valence-electron chi connectivity index (χ2n) is 4.67. The van der Waals surface area contributed by atoms with Crippen molar-refractivity contribution in [2.75, 3.05) is 5.32 Å². The first-order chi connectivity index (χ1) is 10.9. The topological polar surface area (TPSA) is 55.4 Å². The maximum Gasteiger partial charge on any atom is 0.340 e. The number of esters is 1. The van der Waals surface area contributed by atoms with Gasteiger partial charge in [0.15, 0.2) is 6.10 Å². The van der Waals surface area contributed by atoms with Gasteiger partial charge in [-0.05, 0) is 43.3 Å². The Morgan fingerprint density at radius 3 is 2.43 bits per heavy atom. The molecule has 2 aromatic carbocycles. The van der Waals surface area contributed by atoms with Crippen molar-refractivity contribution in [1.82, 2.24) is 0 Å². The first-order valence-electron chi connectivity index (χ1n) is 6.59. The first-order valence-corrected chi connectivity index (χ1v) is 7.72. The molecule has 0 fully saturated rings. The van der Waals surface area contributed by atoms with Crippen LogP contribution in [0.2, 0.25) is 15.1 Å². The Morgan fingerprint density at radius 1 is 1.04 bits per heavy atom. The molecular weight excluding hydrogens is 361 g/mol. The largest absolute Gasteiger partial charge is 0.449 e. The minimum absolute atomic E-state index is 0.0987. The Morgan fingerprint density at radius 2 is 1.74 bits per heavy atom. The molecule has 0 aliphatic heterocycles. The van der Waals surface area contributed by atoms with Crippen LogP contribution in [-0.2, 0) is 9.53 Å². The van der Waals surface area contributed by atoms with Gasteiger partial charge in [0.1, 0.15) is 0 Å². The highest BCUT2D eigenvalue weighted by Crippen LogP contribution is 2.22. The minimum Gasteiger partial charge on any atom is -0.449 e. The molecule has 0 spiro atoms. The van der Waals surface area contributed by atoms with Gasteiger partial charge in [-0.25, -0.2) is 4.79 Å². The molecule has 0 unspecified atom stereocenters. The van der Waals surface area contributed by atoms with Crippen LogP contribution in [0, 0.1) is 0 Å². The first kappa shape index (κ1) is 17.6. The van der Waals surface area contributed by atoms with Crippen LogP contribution in [-0.4, -0.2) is 18.0 Å². The van der Waals surface area contributed by atoms with E-state index < -0.39 is 18.0 Å². The lowest BCUT2D eigenvalue weighted by atomic mass is 10.2. The quantitative estimate of drug-likeness (QED) is 0.782. The van der Waals surface area contributed by atoms with Gasteiger partial charge in [-0.15, -0.1) is 0 Å². The van der Waals surface area contributed by atoms with Gasteiger partial charge in [0, 0.05) is 15.7 Å². The number of carbonyl (C=O) groups is 2. The summed E-state index contributed by atoms with van der Waals surface area (Å²) in [5.74, 6) is -1.22. The smallest absolute Gasteiger partial charge is 0.340 e. The van der Waals surface area contributed by atoms with E-state index in [1.54, 1.807) is 30.3 Å². The summed E-state index contributed by atoms with van der Waals surface area (Å²) in [7, 11) is 0. The molecule has 0 radical (unpaired) electrons. The number of carbonyl (C=O) groups excluding carboxylic acids is 2. The molecule has 1 amide bonds. The van der Waals surface area contributed by atoms with E-state index in [9.17, 15) is 9.59 Å². The Labute approximate surface area is 148 Å². The van der Waals surface area contributed by atoms with Crippen molar-refractivity contribution in [3.05, 3.63) is 63.1 Å². The zero-order valence-corrected chi connectivity index (χ0v) is 14.2. The van der Waals surface area contributed by atoms with Crippen molar-refractivity contribution >= 4 is 52.4 Å². The zero-order chi connectivity index (χ0) is 17.0. The molecule has 23 heavy (non-hydrogen) atoms. The van der Waals surface area contributed by atoms with Crippen LogP contribution >= 0.6 is 34.8 Å². The second kappa shape index (κ2) is 7.68. The van der Waals surface area contributed by atoms with Crippen LogP contribution in [0.1, 0.15) is 17.3 Å². The SMILES string of the molecule is C[C@H](OC(=O)c1cc(Cl)ccc1Cl)C(=O)Nc1cccc(Cl)c1. The van der Waals surface area contributed by atoms with Crippen LogP contribution < -0.4 is 5.32 Å². The molecule has 0 heterocycles. The Hall–Kier alpha value is -1.75. The molecule has 2 aromatic rings. The van der Waals surface area contributed by atoms with E-state index in [-0.39, 0.29) is 10.6 Å². The lowest BCUT2D eigenvalue weighted by Gasteiger charge is -2.14. The number of amides is 1. The fraction of sp³-hybridized carbons (Fsp3) is 0.125. The summed E-state index contributed by atoms with van der Waals surface area (Å²) in [6.45, 7) is 1.45. The van der Waals surface area contributed by atoms with Crippen molar-refractivity contribution in [3.8, 4) is 0 Å². The fourth-order valence-electron chi connectivity index (χ4n) is 1.74. The molecule has 0 saturated heterocycles. The summed E-state index contributed by atoms with van der Waals surface area (Å²) < 4.78 is 5.11. The van der Waals surface area contributed by atoms with E-state index in [1.165, 1.54) is 19.1 Å². The van der Waals surface area contributed by atoms with E-state index in [0.29, 0.717) is 15.7 Å². The van der Waals surface area contributed by atoms with Gasteiger partial charge in [0.05, 0.1) is 10.6 Å². The molecule has 0 saturated carbocycles. The number of hydrogen-bond donors (Lipinski definition) is 1. The molecule has 0 aliphatic rings. The van der Waals surface area contributed by atoms with Crippen LogP contribution in [0.4, 0.5) is 5.69 Å². The van der Waals surface area contributed by atoms with Crippen molar-refractivity contribution in [2.24, 2.45) is 0 Å². The second-order valence-corrected chi connectivity index (χ2v) is 5.95. The monoisotopic (exact) mass is 371 g/mol. The van der Waals surface area contributed by atoms with Gasteiger partial charge >= 0.3 is 5.97 Å². The van der Waals surface area contributed by atoms with Crippen LogP contribution in [0.3, 0.4) is 0 Å². The molecule has 0 bridgehead atoms.